The van der Waals surface area contributed by atoms with Gasteiger partial charge in [-0.3, -0.25) is 0 Å². The second-order valence-corrected chi connectivity index (χ2v) is 17.5. The highest BCUT2D eigenvalue weighted by molar-refractivity contribution is 7.03. The van der Waals surface area contributed by atoms with E-state index in [1.165, 1.54) is 100 Å². The Morgan fingerprint density at radius 2 is 0.656 bits per heavy atom. The highest BCUT2D eigenvalue weighted by Gasteiger charge is 2.47. The standard InChI is InChI=1S/C59H39B2N3/c1-5-19-39(20-6-1)55-45-27-13-14-29-47(45)60-56-43-35-38-54-57(44(43)36-37-53(56)63(41-23-9-3-10-24-41)50-32-17-28-46(55)58(50)60)61-48-30-15-16-31-49(48)62(40-21-7-2-8-22-40)51-33-18-34-52(59(51)61)64(54)42-25-11-4-12-26-42/h1-38,55H. The van der Waals surface area contributed by atoms with Crippen molar-refractivity contribution in [3.05, 3.63) is 247 Å². The van der Waals surface area contributed by atoms with Crippen molar-refractivity contribution in [3.63, 3.8) is 0 Å². The van der Waals surface area contributed by atoms with E-state index >= 15 is 0 Å². The van der Waals surface area contributed by atoms with Gasteiger partial charge in [0.05, 0.1) is 0 Å². The zero-order valence-corrected chi connectivity index (χ0v) is 35.0. The van der Waals surface area contributed by atoms with Crippen molar-refractivity contribution in [2.24, 2.45) is 0 Å². The van der Waals surface area contributed by atoms with Gasteiger partial charge in [0.15, 0.2) is 0 Å². The SMILES string of the molecule is c1ccc(C2c3ccccc3B3c4c2cccc4N(c2ccccc2)c2ccc4c5c(ccc4c23)N(c2ccccc2)c2cccc3c2B5c2ccccc2N3c2ccccc2)cc1. The predicted octanol–water partition coefficient (Wildman–Crippen LogP) is 10.7. The number of fused-ring (bicyclic) bond motifs is 11. The molecule has 4 aliphatic rings. The first-order valence-electron chi connectivity index (χ1n) is 22.5. The van der Waals surface area contributed by atoms with Crippen LogP contribution in [0, 0.1) is 0 Å². The molecule has 1 atom stereocenters. The zero-order chi connectivity index (χ0) is 41.9. The first-order valence-corrected chi connectivity index (χ1v) is 22.5. The largest absolute Gasteiger partial charge is 0.311 e. The van der Waals surface area contributed by atoms with Crippen molar-refractivity contribution in [3.8, 4) is 0 Å². The van der Waals surface area contributed by atoms with Crippen LogP contribution in [0.2, 0.25) is 0 Å². The third-order valence-electron chi connectivity index (χ3n) is 14.4. The van der Waals surface area contributed by atoms with Gasteiger partial charge in [-0.2, -0.15) is 0 Å². The van der Waals surface area contributed by atoms with E-state index in [0.29, 0.717) is 0 Å². The summed E-state index contributed by atoms with van der Waals surface area (Å²) in [6, 6.07) is 86.0. The maximum atomic E-state index is 2.54. The third kappa shape index (κ3) is 4.89. The highest BCUT2D eigenvalue weighted by Crippen LogP contribution is 2.47. The molecule has 64 heavy (non-hydrogen) atoms. The molecule has 4 aliphatic heterocycles. The Kier molecular flexibility index (Phi) is 7.64. The van der Waals surface area contributed by atoms with Gasteiger partial charge in [-0.15, -0.1) is 0 Å². The number of hydrogen-bond acceptors (Lipinski definition) is 3. The van der Waals surface area contributed by atoms with Gasteiger partial charge in [0.2, 0.25) is 6.71 Å². The van der Waals surface area contributed by atoms with Crippen LogP contribution in [0.3, 0.4) is 0 Å². The zero-order valence-electron chi connectivity index (χ0n) is 35.0. The summed E-state index contributed by atoms with van der Waals surface area (Å²) >= 11 is 0. The molecular weight excluding hydrogens is 772 g/mol. The van der Waals surface area contributed by atoms with E-state index in [1.54, 1.807) is 0 Å². The first kappa shape index (κ1) is 35.6. The molecule has 0 saturated heterocycles. The average molecular weight is 812 g/mol. The summed E-state index contributed by atoms with van der Waals surface area (Å²) in [5, 5.41) is 2.59. The van der Waals surface area contributed by atoms with Gasteiger partial charge in [0.25, 0.3) is 6.71 Å². The van der Waals surface area contributed by atoms with Crippen LogP contribution in [0.25, 0.3) is 10.8 Å². The summed E-state index contributed by atoms with van der Waals surface area (Å²) in [7, 11) is 0. The van der Waals surface area contributed by atoms with E-state index in [-0.39, 0.29) is 19.3 Å². The molecule has 0 N–H and O–H groups in total. The number of hydrogen-bond donors (Lipinski definition) is 0. The van der Waals surface area contributed by atoms with Crippen LogP contribution in [0.1, 0.15) is 22.6 Å². The van der Waals surface area contributed by atoms with Crippen LogP contribution in [0.5, 0.6) is 0 Å². The highest BCUT2D eigenvalue weighted by atomic mass is 15.2. The van der Waals surface area contributed by atoms with Gasteiger partial charge < -0.3 is 14.7 Å². The van der Waals surface area contributed by atoms with Gasteiger partial charge in [-0.25, -0.2) is 0 Å². The smallest absolute Gasteiger partial charge is 0.252 e. The van der Waals surface area contributed by atoms with E-state index in [0.717, 1.165) is 11.4 Å². The molecule has 14 rings (SSSR count). The lowest BCUT2D eigenvalue weighted by Gasteiger charge is -2.45. The van der Waals surface area contributed by atoms with E-state index in [9.17, 15) is 0 Å². The Bertz CT molecular complexity index is 3220. The fraction of sp³-hybridized carbons (Fsp3) is 0.0169. The van der Waals surface area contributed by atoms with Crippen LogP contribution >= 0.6 is 0 Å². The molecule has 0 radical (unpaired) electrons. The van der Waals surface area contributed by atoms with E-state index in [1.807, 2.05) is 0 Å². The molecule has 10 aromatic rings. The minimum Gasteiger partial charge on any atom is -0.311 e. The molecule has 0 amide bonds. The molecule has 0 aliphatic carbocycles. The van der Waals surface area contributed by atoms with Crippen LogP contribution in [-0.2, 0) is 0 Å². The Hall–Kier alpha value is -8.01. The van der Waals surface area contributed by atoms with Crippen molar-refractivity contribution in [1.82, 2.24) is 0 Å². The molecular formula is C59H39B2N3. The minimum atomic E-state index is -0.00292. The lowest BCUT2D eigenvalue weighted by atomic mass is 9.30. The van der Waals surface area contributed by atoms with Crippen molar-refractivity contribution in [2.45, 2.75) is 5.92 Å². The summed E-state index contributed by atoms with van der Waals surface area (Å²) in [4.78, 5) is 7.53. The Morgan fingerprint density at radius 1 is 0.266 bits per heavy atom. The topological polar surface area (TPSA) is 9.72 Å². The minimum absolute atomic E-state index is 0.00292. The average Bonchev–Trinajstić information content (AvgIpc) is 3.37. The fourth-order valence-electron chi connectivity index (χ4n) is 12.0. The maximum absolute atomic E-state index is 2.54. The molecule has 10 aromatic carbocycles. The molecule has 0 aromatic heterocycles. The van der Waals surface area contributed by atoms with Gasteiger partial charge in [-0.05, 0) is 128 Å². The van der Waals surface area contributed by atoms with E-state index in [2.05, 4.69) is 245 Å². The van der Waals surface area contributed by atoms with Gasteiger partial charge in [0.1, 0.15) is 0 Å². The number of para-hydroxylation sites is 4. The van der Waals surface area contributed by atoms with Gasteiger partial charge in [-0.1, -0.05) is 163 Å². The number of nitrogens with zero attached hydrogens (tertiary/aromatic N) is 3. The van der Waals surface area contributed by atoms with Crippen molar-refractivity contribution < 1.29 is 0 Å². The van der Waals surface area contributed by atoms with Crippen molar-refractivity contribution >= 4 is 108 Å². The van der Waals surface area contributed by atoms with Crippen LogP contribution in [0.15, 0.2) is 231 Å². The van der Waals surface area contributed by atoms with Gasteiger partial charge in [0, 0.05) is 57.1 Å². The van der Waals surface area contributed by atoms with Crippen LogP contribution in [-0.4, -0.2) is 13.4 Å². The number of rotatable bonds is 4. The van der Waals surface area contributed by atoms with Crippen molar-refractivity contribution in [2.75, 3.05) is 14.7 Å². The quantitative estimate of drug-likeness (QED) is 0.164. The Balaban J connectivity index is 1.10. The molecule has 5 heteroatoms. The van der Waals surface area contributed by atoms with Crippen LogP contribution < -0.4 is 47.5 Å². The molecule has 296 valence electrons. The summed E-state index contributed by atoms with van der Waals surface area (Å²) in [6.07, 6.45) is 0. The normalized spacial score (nSPS) is 14.9. The molecule has 3 nitrogen and oxygen atoms in total. The molecule has 0 bridgehead atoms. The summed E-state index contributed by atoms with van der Waals surface area (Å²) in [6.45, 7) is 0.0276. The second kappa shape index (κ2) is 13.7. The van der Waals surface area contributed by atoms with Gasteiger partial charge >= 0.3 is 0 Å². The number of benzene rings is 10. The molecule has 1 unspecified atom stereocenters. The number of anilines is 9. The summed E-state index contributed by atoms with van der Waals surface area (Å²) < 4.78 is 0. The first-order chi connectivity index (χ1) is 31.8. The second-order valence-electron chi connectivity index (χ2n) is 17.5. The molecule has 0 saturated carbocycles. The molecule has 0 spiro atoms. The Labute approximate surface area is 374 Å². The Morgan fingerprint density at radius 3 is 1.23 bits per heavy atom. The van der Waals surface area contributed by atoms with E-state index in [4.69, 9.17) is 0 Å². The lowest BCUT2D eigenvalue weighted by Crippen LogP contribution is -2.63. The fourth-order valence-corrected chi connectivity index (χ4v) is 12.0. The lowest BCUT2D eigenvalue weighted by molar-refractivity contribution is 0.984. The summed E-state index contributed by atoms with van der Waals surface area (Å²) in [5.74, 6) is 0.117. The predicted molar refractivity (Wildman–Crippen MR) is 271 cm³/mol. The van der Waals surface area contributed by atoms with Crippen molar-refractivity contribution in [1.29, 1.82) is 0 Å². The molecule has 4 heterocycles. The van der Waals surface area contributed by atoms with Crippen LogP contribution in [0.4, 0.5) is 51.2 Å². The molecule has 0 fully saturated rings. The summed E-state index contributed by atoms with van der Waals surface area (Å²) in [5.41, 5.74) is 23.1. The maximum Gasteiger partial charge on any atom is 0.252 e. The van der Waals surface area contributed by atoms with E-state index < -0.39 is 0 Å². The third-order valence-corrected chi connectivity index (χ3v) is 14.4. The monoisotopic (exact) mass is 811 g/mol.